The highest BCUT2D eigenvalue weighted by Crippen LogP contribution is 2.50. The van der Waals surface area contributed by atoms with E-state index in [2.05, 4.69) is 78.1 Å². The summed E-state index contributed by atoms with van der Waals surface area (Å²) in [5.74, 6) is 0. The van der Waals surface area contributed by atoms with Gasteiger partial charge in [-0.05, 0) is 54.2 Å². The van der Waals surface area contributed by atoms with E-state index in [4.69, 9.17) is 0 Å². The van der Waals surface area contributed by atoms with E-state index >= 15 is 0 Å². The summed E-state index contributed by atoms with van der Waals surface area (Å²) in [5.41, 5.74) is 0. The van der Waals surface area contributed by atoms with Crippen LogP contribution >= 0.6 is 37.4 Å². The van der Waals surface area contributed by atoms with Crippen LogP contribution in [0.2, 0.25) is 0 Å². The van der Waals surface area contributed by atoms with E-state index in [9.17, 15) is 0 Å². The Morgan fingerprint density at radius 3 is 1.63 bits per heavy atom. The summed E-state index contributed by atoms with van der Waals surface area (Å²) in [6.07, 6.45) is 0. The molecule has 0 amide bonds. The van der Waals surface area contributed by atoms with Gasteiger partial charge in [0.2, 0.25) is 0 Å². The molecule has 0 spiro atoms. The second kappa shape index (κ2) is 8.29. The van der Waals surface area contributed by atoms with Crippen LogP contribution in [0.15, 0.2) is 60.7 Å². The van der Waals surface area contributed by atoms with Crippen molar-refractivity contribution in [1.82, 2.24) is 4.13 Å². The standard InChI is InChI=1S/C14H17NP2S2/c1-16(2)18-15-19-17(13-9-5-3-6-10-13)14-11-7-4-8-12-14/h3-12,15H,1-2H3. The van der Waals surface area contributed by atoms with Crippen LogP contribution in [0.1, 0.15) is 0 Å². The molecule has 0 aliphatic heterocycles. The molecule has 0 heterocycles. The summed E-state index contributed by atoms with van der Waals surface area (Å²) < 4.78 is 3.47. The molecular formula is C14H17NP2S2. The van der Waals surface area contributed by atoms with Gasteiger partial charge in [-0.3, -0.25) is 0 Å². The fraction of sp³-hybridized carbons (Fsp3) is 0.143. The fourth-order valence-corrected chi connectivity index (χ4v) is 8.51. The van der Waals surface area contributed by atoms with E-state index < -0.39 is 0 Å². The number of hydrogen-bond acceptors (Lipinski definition) is 3. The van der Waals surface area contributed by atoms with Crippen LogP contribution in [0.5, 0.6) is 0 Å². The monoisotopic (exact) mass is 325 g/mol. The lowest BCUT2D eigenvalue weighted by Crippen LogP contribution is -2.10. The van der Waals surface area contributed by atoms with Crippen molar-refractivity contribution in [3.8, 4) is 0 Å². The van der Waals surface area contributed by atoms with Gasteiger partial charge >= 0.3 is 0 Å². The van der Waals surface area contributed by atoms with Crippen molar-refractivity contribution >= 4 is 48.0 Å². The van der Waals surface area contributed by atoms with E-state index in [1.54, 1.807) is 0 Å². The second-order valence-corrected chi connectivity index (χ2v) is 12.7. The summed E-state index contributed by atoms with van der Waals surface area (Å²) in [6, 6.07) is 21.5. The van der Waals surface area contributed by atoms with Gasteiger partial charge in [-0.25, -0.2) is 4.13 Å². The van der Waals surface area contributed by atoms with Crippen molar-refractivity contribution in [2.24, 2.45) is 0 Å². The molecule has 2 aromatic rings. The summed E-state index contributed by atoms with van der Waals surface area (Å²) in [4.78, 5) is 0. The lowest BCUT2D eigenvalue weighted by molar-refractivity contribution is 1.75. The van der Waals surface area contributed by atoms with E-state index in [-0.39, 0.29) is 14.2 Å². The van der Waals surface area contributed by atoms with Crippen LogP contribution in [-0.2, 0) is 0 Å². The second-order valence-electron chi connectivity index (χ2n) is 4.04. The maximum atomic E-state index is 3.47. The molecule has 0 aliphatic carbocycles. The molecule has 100 valence electrons. The highest BCUT2D eigenvalue weighted by atomic mass is 32.8. The van der Waals surface area contributed by atoms with Crippen LogP contribution in [0.4, 0.5) is 0 Å². The van der Waals surface area contributed by atoms with Gasteiger partial charge in [0.25, 0.3) is 0 Å². The number of hydrogen-bond donors (Lipinski definition) is 1. The quantitative estimate of drug-likeness (QED) is 0.617. The highest BCUT2D eigenvalue weighted by Gasteiger charge is 2.14. The third-order valence-electron chi connectivity index (χ3n) is 2.33. The Morgan fingerprint density at radius 2 is 1.21 bits per heavy atom. The molecule has 0 saturated heterocycles. The minimum atomic E-state index is -0.386. The summed E-state index contributed by atoms with van der Waals surface area (Å²) in [6.45, 7) is 4.53. The largest absolute Gasteiger partial charge is 0.200 e. The summed E-state index contributed by atoms with van der Waals surface area (Å²) in [7, 11) is -0.360. The van der Waals surface area contributed by atoms with Crippen molar-refractivity contribution in [3.63, 3.8) is 0 Å². The topological polar surface area (TPSA) is 12.0 Å². The highest BCUT2D eigenvalue weighted by molar-refractivity contribution is 8.66. The Hall–Kier alpha value is -0.0400. The van der Waals surface area contributed by atoms with Gasteiger partial charge in [0.05, 0.1) is 0 Å². The van der Waals surface area contributed by atoms with Crippen LogP contribution in [0.25, 0.3) is 0 Å². The molecule has 2 aromatic carbocycles. The predicted molar refractivity (Wildman–Crippen MR) is 96.2 cm³/mol. The fourth-order valence-electron chi connectivity index (χ4n) is 1.51. The lowest BCUT2D eigenvalue weighted by Gasteiger charge is -2.18. The molecular weight excluding hydrogens is 308 g/mol. The van der Waals surface area contributed by atoms with Gasteiger partial charge in [0.15, 0.2) is 0 Å². The molecule has 19 heavy (non-hydrogen) atoms. The molecule has 0 unspecified atom stereocenters. The van der Waals surface area contributed by atoms with E-state index in [1.807, 2.05) is 23.1 Å². The molecule has 1 nitrogen and oxygen atoms in total. The third-order valence-corrected chi connectivity index (χ3v) is 9.26. The zero-order chi connectivity index (χ0) is 13.5. The van der Waals surface area contributed by atoms with Crippen LogP contribution in [0, 0.1) is 0 Å². The SMILES string of the molecule is CP(C)SNSP(c1ccccc1)c1ccccc1. The van der Waals surface area contributed by atoms with Crippen LogP contribution in [0.3, 0.4) is 0 Å². The maximum Gasteiger partial charge on any atom is 0.0333 e. The first-order valence-corrected chi connectivity index (χ1v) is 12.4. The van der Waals surface area contributed by atoms with Gasteiger partial charge in [-0.1, -0.05) is 60.7 Å². The Kier molecular flexibility index (Phi) is 6.70. The Bertz CT molecular complexity index is 440. The minimum Gasteiger partial charge on any atom is -0.200 e. The Morgan fingerprint density at radius 1 is 0.737 bits per heavy atom. The smallest absolute Gasteiger partial charge is 0.0333 e. The maximum absolute atomic E-state index is 3.47. The molecule has 0 atom stereocenters. The number of benzene rings is 2. The van der Waals surface area contributed by atoms with Crippen molar-refractivity contribution in [2.75, 3.05) is 13.3 Å². The molecule has 2 rings (SSSR count). The molecule has 0 saturated carbocycles. The van der Waals surface area contributed by atoms with Crippen molar-refractivity contribution in [3.05, 3.63) is 60.7 Å². The minimum absolute atomic E-state index is 0.0262. The van der Waals surface area contributed by atoms with Gasteiger partial charge in [-0.15, -0.1) is 0 Å². The molecule has 0 fully saturated rings. The first kappa shape index (κ1) is 15.4. The van der Waals surface area contributed by atoms with E-state index in [1.165, 1.54) is 10.6 Å². The van der Waals surface area contributed by atoms with Gasteiger partial charge in [0.1, 0.15) is 0 Å². The summed E-state index contributed by atoms with van der Waals surface area (Å²) >= 11 is 3.69. The first-order valence-electron chi connectivity index (χ1n) is 5.94. The predicted octanol–water partition coefficient (Wildman–Crippen LogP) is 4.58. The van der Waals surface area contributed by atoms with E-state index in [0.717, 1.165) is 0 Å². The van der Waals surface area contributed by atoms with Gasteiger partial charge in [0, 0.05) is 7.12 Å². The van der Waals surface area contributed by atoms with Gasteiger partial charge in [-0.2, -0.15) is 0 Å². The molecule has 0 radical (unpaired) electrons. The number of nitrogens with one attached hydrogen (secondary N) is 1. The third kappa shape index (κ3) is 5.10. The van der Waals surface area contributed by atoms with Gasteiger partial charge < -0.3 is 0 Å². The molecule has 1 N–H and O–H groups in total. The van der Waals surface area contributed by atoms with Crippen LogP contribution < -0.4 is 14.7 Å². The molecule has 0 aromatic heterocycles. The van der Waals surface area contributed by atoms with Crippen molar-refractivity contribution in [2.45, 2.75) is 0 Å². The lowest BCUT2D eigenvalue weighted by atomic mass is 10.4. The van der Waals surface area contributed by atoms with Crippen molar-refractivity contribution < 1.29 is 0 Å². The average molecular weight is 325 g/mol. The Balaban J connectivity index is 2.14. The zero-order valence-electron chi connectivity index (χ0n) is 11.0. The van der Waals surface area contributed by atoms with Crippen molar-refractivity contribution in [1.29, 1.82) is 0 Å². The van der Waals surface area contributed by atoms with E-state index in [0.29, 0.717) is 0 Å². The normalized spacial score (nSPS) is 11.2. The zero-order valence-corrected chi connectivity index (χ0v) is 14.4. The number of rotatable bonds is 6. The Labute approximate surface area is 126 Å². The van der Waals surface area contributed by atoms with Crippen LogP contribution in [-0.4, -0.2) is 13.3 Å². The molecule has 5 heteroatoms. The average Bonchev–Trinajstić information content (AvgIpc) is 2.45. The summed E-state index contributed by atoms with van der Waals surface area (Å²) in [5, 5.41) is 2.80. The molecule has 0 aliphatic rings. The molecule has 0 bridgehead atoms. The first-order chi connectivity index (χ1) is 9.27.